The van der Waals surface area contributed by atoms with Crippen LogP contribution >= 0.6 is 0 Å². The molecule has 1 N–H and O–H groups in total. The van der Waals surface area contributed by atoms with Crippen molar-refractivity contribution in [1.82, 2.24) is 4.98 Å². The highest BCUT2D eigenvalue weighted by atomic mass is 16.5. The van der Waals surface area contributed by atoms with Crippen LogP contribution in [-0.2, 0) is 18.4 Å². The Hall–Kier alpha value is -1.87. The molecular formula is C18H21NO2. The van der Waals surface area contributed by atoms with E-state index < -0.39 is 5.60 Å². The van der Waals surface area contributed by atoms with Crippen molar-refractivity contribution in [3.05, 3.63) is 58.4 Å². The number of nitrogens with zero attached hydrogens (tertiary/aromatic N) is 1. The van der Waals surface area contributed by atoms with E-state index in [4.69, 9.17) is 4.74 Å². The first kappa shape index (κ1) is 14.1. The second kappa shape index (κ2) is 5.15. The number of aryl methyl sites for hydroxylation is 2. The van der Waals surface area contributed by atoms with Gasteiger partial charge in [0.25, 0.3) is 0 Å². The summed E-state index contributed by atoms with van der Waals surface area (Å²) < 4.78 is 5.46. The Kier molecular flexibility index (Phi) is 3.46. The molecule has 1 aliphatic rings. The number of aromatic nitrogens is 1. The van der Waals surface area contributed by atoms with Crippen LogP contribution in [0.4, 0.5) is 0 Å². The van der Waals surface area contributed by atoms with Crippen LogP contribution < -0.4 is 4.74 Å². The van der Waals surface area contributed by atoms with Crippen LogP contribution in [-0.4, -0.2) is 17.2 Å². The highest BCUT2D eigenvalue weighted by Crippen LogP contribution is 2.40. The van der Waals surface area contributed by atoms with Crippen molar-refractivity contribution in [2.75, 3.05) is 7.11 Å². The zero-order chi connectivity index (χ0) is 15.0. The monoisotopic (exact) mass is 283 g/mol. The summed E-state index contributed by atoms with van der Waals surface area (Å²) in [4.78, 5) is 4.53. The average Bonchev–Trinajstić information content (AvgIpc) is 2.81. The molecule has 21 heavy (non-hydrogen) atoms. The van der Waals surface area contributed by atoms with Crippen molar-refractivity contribution < 1.29 is 9.84 Å². The van der Waals surface area contributed by atoms with Crippen LogP contribution in [0.15, 0.2) is 30.5 Å². The van der Waals surface area contributed by atoms with E-state index in [1.165, 1.54) is 5.56 Å². The number of hydrogen-bond acceptors (Lipinski definition) is 3. The largest absolute Gasteiger partial charge is 0.496 e. The molecule has 3 heteroatoms. The molecule has 2 aromatic rings. The molecule has 0 saturated heterocycles. The van der Waals surface area contributed by atoms with Crippen LogP contribution in [0.2, 0.25) is 0 Å². The number of aliphatic hydroxyl groups is 1. The Morgan fingerprint density at radius 2 is 2.05 bits per heavy atom. The fourth-order valence-corrected chi connectivity index (χ4v) is 3.38. The van der Waals surface area contributed by atoms with Gasteiger partial charge < -0.3 is 9.84 Å². The molecule has 0 aliphatic heterocycles. The predicted molar refractivity (Wildman–Crippen MR) is 82.6 cm³/mol. The van der Waals surface area contributed by atoms with Crippen LogP contribution in [0.3, 0.4) is 0 Å². The van der Waals surface area contributed by atoms with E-state index in [0.717, 1.165) is 41.0 Å². The lowest BCUT2D eigenvalue weighted by molar-refractivity contribution is 0.0377. The maximum atomic E-state index is 11.1. The van der Waals surface area contributed by atoms with Gasteiger partial charge in [0, 0.05) is 23.7 Å². The van der Waals surface area contributed by atoms with Gasteiger partial charge in [-0.2, -0.15) is 0 Å². The Bertz CT molecular complexity index is 681. The van der Waals surface area contributed by atoms with E-state index in [-0.39, 0.29) is 0 Å². The van der Waals surface area contributed by atoms with Gasteiger partial charge in [-0.05, 0) is 37.8 Å². The molecule has 0 saturated carbocycles. The molecule has 1 aromatic carbocycles. The minimum absolute atomic E-state index is 0.534. The van der Waals surface area contributed by atoms with Crippen molar-refractivity contribution >= 4 is 0 Å². The van der Waals surface area contributed by atoms with Gasteiger partial charge in [-0.3, -0.25) is 4.98 Å². The third kappa shape index (κ3) is 2.32. The molecular weight excluding hydrogens is 262 g/mol. The Balaban J connectivity index is 1.98. The summed E-state index contributed by atoms with van der Waals surface area (Å²) in [5.41, 5.74) is 4.45. The van der Waals surface area contributed by atoms with Gasteiger partial charge >= 0.3 is 0 Å². The van der Waals surface area contributed by atoms with Crippen LogP contribution in [0.5, 0.6) is 5.75 Å². The first-order valence-electron chi connectivity index (χ1n) is 7.35. The number of benzene rings is 1. The van der Waals surface area contributed by atoms with Crippen molar-refractivity contribution in [3.63, 3.8) is 0 Å². The first-order chi connectivity index (χ1) is 10.0. The van der Waals surface area contributed by atoms with E-state index in [2.05, 4.69) is 11.1 Å². The molecule has 1 aromatic heterocycles. The molecule has 0 spiro atoms. The Labute approximate surface area is 125 Å². The molecule has 1 heterocycles. The summed E-state index contributed by atoms with van der Waals surface area (Å²) in [7, 11) is 1.68. The predicted octanol–water partition coefficient (Wildman–Crippen LogP) is 3.08. The van der Waals surface area contributed by atoms with E-state index >= 15 is 0 Å². The van der Waals surface area contributed by atoms with Gasteiger partial charge in [0.2, 0.25) is 0 Å². The second-order valence-corrected chi connectivity index (χ2v) is 5.91. The lowest BCUT2D eigenvalue weighted by Crippen LogP contribution is -2.26. The molecule has 3 rings (SSSR count). The normalized spacial score (nSPS) is 20.4. The quantitative estimate of drug-likeness (QED) is 0.941. The minimum atomic E-state index is -0.811. The summed E-state index contributed by atoms with van der Waals surface area (Å²) in [5.74, 6) is 0.870. The maximum absolute atomic E-state index is 11.1. The topological polar surface area (TPSA) is 42.4 Å². The number of hydrogen-bond donors (Lipinski definition) is 1. The zero-order valence-corrected chi connectivity index (χ0v) is 12.8. The molecule has 1 unspecified atom stereocenters. The zero-order valence-electron chi connectivity index (χ0n) is 12.8. The maximum Gasteiger partial charge on any atom is 0.128 e. The second-order valence-electron chi connectivity index (χ2n) is 5.91. The first-order valence-corrected chi connectivity index (χ1v) is 7.35. The molecule has 0 bridgehead atoms. The lowest BCUT2D eigenvalue weighted by Gasteiger charge is -2.25. The van der Waals surface area contributed by atoms with Crippen LogP contribution in [0.1, 0.15) is 34.4 Å². The third-order valence-corrected chi connectivity index (χ3v) is 4.54. The van der Waals surface area contributed by atoms with Crippen LogP contribution in [0.25, 0.3) is 0 Å². The Morgan fingerprint density at radius 1 is 1.29 bits per heavy atom. The van der Waals surface area contributed by atoms with Gasteiger partial charge in [-0.1, -0.05) is 24.3 Å². The summed E-state index contributed by atoms with van der Waals surface area (Å²) >= 11 is 0. The highest BCUT2D eigenvalue weighted by Gasteiger charge is 2.37. The number of fused-ring (bicyclic) bond motifs is 1. The number of methoxy groups -OCH3 is 1. The summed E-state index contributed by atoms with van der Waals surface area (Å²) in [6.07, 6.45) is 4.04. The fraction of sp³-hybridized carbons (Fsp3) is 0.389. The summed E-state index contributed by atoms with van der Waals surface area (Å²) in [5, 5.41) is 11.1. The van der Waals surface area contributed by atoms with E-state index in [1.54, 1.807) is 7.11 Å². The Morgan fingerprint density at radius 3 is 2.81 bits per heavy atom. The summed E-state index contributed by atoms with van der Waals surface area (Å²) in [6.45, 7) is 4.00. The van der Waals surface area contributed by atoms with Gasteiger partial charge in [-0.25, -0.2) is 0 Å². The molecule has 3 nitrogen and oxygen atoms in total. The third-order valence-electron chi connectivity index (χ3n) is 4.54. The van der Waals surface area contributed by atoms with Crippen molar-refractivity contribution in [1.29, 1.82) is 0 Å². The lowest BCUT2D eigenvalue weighted by atomic mass is 9.89. The van der Waals surface area contributed by atoms with Gasteiger partial charge in [0.15, 0.2) is 0 Å². The molecule has 0 amide bonds. The molecule has 1 atom stereocenters. The smallest absolute Gasteiger partial charge is 0.128 e. The number of ether oxygens (including phenoxy) is 1. The number of rotatable bonds is 3. The SMILES string of the molecule is COc1c(C)cnc(CC2(O)CCc3ccccc32)c1C. The van der Waals surface area contributed by atoms with Crippen molar-refractivity contribution in [3.8, 4) is 5.75 Å². The van der Waals surface area contributed by atoms with Gasteiger partial charge in [0.1, 0.15) is 5.75 Å². The minimum Gasteiger partial charge on any atom is -0.496 e. The van der Waals surface area contributed by atoms with Crippen molar-refractivity contribution in [2.45, 2.75) is 38.7 Å². The molecule has 0 fully saturated rings. The fourth-order valence-electron chi connectivity index (χ4n) is 3.38. The molecule has 110 valence electrons. The van der Waals surface area contributed by atoms with Gasteiger partial charge in [0.05, 0.1) is 18.4 Å². The van der Waals surface area contributed by atoms with E-state index in [1.807, 2.05) is 38.2 Å². The van der Waals surface area contributed by atoms with Crippen LogP contribution in [0, 0.1) is 13.8 Å². The molecule has 0 radical (unpaired) electrons. The number of pyridine rings is 1. The molecule has 1 aliphatic carbocycles. The standard InChI is InChI=1S/C18H21NO2/c1-12-11-19-16(13(2)17(12)21-3)10-18(20)9-8-14-6-4-5-7-15(14)18/h4-7,11,20H,8-10H2,1-3H3. The van der Waals surface area contributed by atoms with E-state index in [9.17, 15) is 5.11 Å². The highest BCUT2D eigenvalue weighted by molar-refractivity contribution is 5.44. The summed E-state index contributed by atoms with van der Waals surface area (Å²) in [6, 6.07) is 8.15. The van der Waals surface area contributed by atoms with Gasteiger partial charge in [-0.15, -0.1) is 0 Å². The van der Waals surface area contributed by atoms with E-state index in [0.29, 0.717) is 6.42 Å². The average molecular weight is 283 g/mol. The van der Waals surface area contributed by atoms with Crippen molar-refractivity contribution in [2.24, 2.45) is 0 Å².